The molecule has 2 heterocycles. The van der Waals surface area contributed by atoms with E-state index in [0.717, 1.165) is 17.3 Å². The summed E-state index contributed by atoms with van der Waals surface area (Å²) in [5, 5.41) is 7.02. The summed E-state index contributed by atoms with van der Waals surface area (Å²) in [5.41, 5.74) is -1.41. The number of ether oxygens (including phenoxy) is 1. The first-order valence-corrected chi connectivity index (χ1v) is 11.2. The van der Waals surface area contributed by atoms with E-state index in [4.69, 9.17) is 4.74 Å². The summed E-state index contributed by atoms with van der Waals surface area (Å²) in [6.45, 7) is 0. The molecule has 0 fully saturated rings. The highest BCUT2D eigenvalue weighted by molar-refractivity contribution is 9.10. The molecule has 0 radical (unpaired) electrons. The highest BCUT2D eigenvalue weighted by Crippen LogP contribution is 2.44. The molecule has 0 aliphatic carbocycles. The lowest BCUT2D eigenvalue weighted by atomic mass is 9.91. The number of benzene rings is 2. The van der Waals surface area contributed by atoms with Gasteiger partial charge in [0.1, 0.15) is 5.82 Å². The number of carbonyl (C=O) groups excluding carboxylic acids is 1. The summed E-state index contributed by atoms with van der Waals surface area (Å²) in [6, 6.07) is 14.0. The predicted molar refractivity (Wildman–Crippen MR) is 116 cm³/mol. The third-order valence-electron chi connectivity index (χ3n) is 5.06. The van der Waals surface area contributed by atoms with Crippen LogP contribution in [0.15, 0.2) is 59.1 Å². The fourth-order valence-corrected chi connectivity index (χ4v) is 4.83. The van der Waals surface area contributed by atoms with E-state index in [1.165, 1.54) is 28.9 Å². The Morgan fingerprint density at radius 3 is 2.42 bits per heavy atom. The van der Waals surface area contributed by atoms with Crippen LogP contribution in [0.25, 0.3) is 5.69 Å². The lowest BCUT2D eigenvalue weighted by molar-refractivity contribution is -0.263. The molecule has 1 aromatic heterocycles. The molecule has 162 valence electrons. The normalized spacial score (nSPS) is 15.4. The first kappa shape index (κ1) is 21.9. The molecule has 2 aromatic carbocycles. The Balaban J connectivity index is 1.81. The molecule has 3 aromatic rings. The average molecular weight is 512 g/mol. The number of aromatic nitrogens is 2. The number of rotatable bonds is 5. The number of halogens is 4. The standard InChI is InChI=1S/C21H17BrF3N3O2S/c1-30-20(21(23,24)25,13-5-3-2-4-6-13)19(29)26-18-16-11-31-12-17(16)27-28(18)15-9-7-14(22)8-10-15/h2-10H,11-12H2,1H3,(H,26,29)/t20-/m0/s1. The molecule has 31 heavy (non-hydrogen) atoms. The minimum absolute atomic E-state index is 0.217. The van der Waals surface area contributed by atoms with Gasteiger partial charge < -0.3 is 10.1 Å². The van der Waals surface area contributed by atoms with Crippen LogP contribution in [-0.4, -0.2) is 29.0 Å². The molecule has 1 N–H and O–H groups in total. The fraction of sp³-hybridized carbons (Fsp3) is 0.238. The second-order valence-corrected chi connectivity index (χ2v) is 8.76. The van der Waals surface area contributed by atoms with Crippen LogP contribution in [0.5, 0.6) is 0 Å². The van der Waals surface area contributed by atoms with E-state index in [0.29, 0.717) is 22.8 Å². The number of carbonyl (C=O) groups is 1. The van der Waals surface area contributed by atoms with Crippen LogP contribution < -0.4 is 5.32 Å². The molecule has 1 amide bonds. The van der Waals surface area contributed by atoms with Gasteiger partial charge >= 0.3 is 6.18 Å². The third-order valence-corrected chi connectivity index (χ3v) is 6.56. The summed E-state index contributed by atoms with van der Waals surface area (Å²) in [4.78, 5) is 13.2. The van der Waals surface area contributed by atoms with Crippen molar-refractivity contribution >= 4 is 39.4 Å². The Labute approximate surface area is 189 Å². The van der Waals surface area contributed by atoms with Crippen molar-refractivity contribution in [3.8, 4) is 5.69 Å². The molecule has 1 aliphatic rings. The maximum Gasteiger partial charge on any atom is 0.430 e. The van der Waals surface area contributed by atoms with Crippen LogP contribution in [0.4, 0.5) is 19.0 Å². The summed E-state index contributed by atoms with van der Waals surface area (Å²) < 4.78 is 50.0. The van der Waals surface area contributed by atoms with E-state index in [1.807, 2.05) is 0 Å². The minimum atomic E-state index is -4.99. The largest absolute Gasteiger partial charge is 0.430 e. The van der Waals surface area contributed by atoms with E-state index in [-0.39, 0.29) is 11.4 Å². The molecular formula is C21H17BrF3N3O2S. The Morgan fingerprint density at radius 2 is 1.81 bits per heavy atom. The van der Waals surface area contributed by atoms with Crippen LogP contribution in [-0.2, 0) is 26.6 Å². The molecule has 0 bridgehead atoms. The maximum atomic E-state index is 14.3. The quantitative estimate of drug-likeness (QED) is 0.496. The number of hydrogen-bond donors (Lipinski definition) is 1. The highest BCUT2D eigenvalue weighted by atomic mass is 79.9. The van der Waals surface area contributed by atoms with E-state index in [9.17, 15) is 18.0 Å². The van der Waals surface area contributed by atoms with Crippen molar-refractivity contribution in [2.24, 2.45) is 0 Å². The van der Waals surface area contributed by atoms with Gasteiger partial charge in [0.2, 0.25) is 0 Å². The van der Waals surface area contributed by atoms with Gasteiger partial charge in [0, 0.05) is 34.2 Å². The molecule has 10 heteroatoms. The minimum Gasteiger partial charge on any atom is -0.356 e. The molecular weight excluding hydrogens is 495 g/mol. The van der Waals surface area contributed by atoms with Gasteiger partial charge in [-0.25, -0.2) is 4.68 Å². The van der Waals surface area contributed by atoms with Crippen LogP contribution in [0.1, 0.15) is 16.8 Å². The highest BCUT2D eigenvalue weighted by Gasteiger charge is 2.63. The second-order valence-electron chi connectivity index (χ2n) is 6.86. The number of amides is 1. The fourth-order valence-electron chi connectivity index (χ4n) is 3.53. The van der Waals surface area contributed by atoms with Crippen molar-refractivity contribution in [2.75, 3.05) is 12.4 Å². The zero-order chi connectivity index (χ0) is 22.2. The van der Waals surface area contributed by atoms with E-state index in [1.54, 1.807) is 42.1 Å². The number of alkyl halides is 3. The molecule has 0 saturated heterocycles. The predicted octanol–water partition coefficient (Wildman–Crippen LogP) is 5.42. The van der Waals surface area contributed by atoms with Crippen molar-refractivity contribution < 1.29 is 22.7 Å². The van der Waals surface area contributed by atoms with Crippen molar-refractivity contribution in [1.29, 1.82) is 0 Å². The smallest absolute Gasteiger partial charge is 0.356 e. The van der Waals surface area contributed by atoms with Gasteiger partial charge in [-0.15, -0.1) is 0 Å². The topological polar surface area (TPSA) is 56.1 Å². The lowest BCUT2D eigenvalue weighted by Crippen LogP contribution is -2.53. The second kappa shape index (κ2) is 8.33. The zero-order valence-electron chi connectivity index (χ0n) is 16.2. The summed E-state index contributed by atoms with van der Waals surface area (Å²) in [5.74, 6) is 0.0501. The molecule has 1 aliphatic heterocycles. The molecule has 0 saturated carbocycles. The molecule has 4 rings (SSSR count). The lowest BCUT2D eigenvalue weighted by Gasteiger charge is -2.33. The number of hydrogen-bond acceptors (Lipinski definition) is 4. The average Bonchev–Trinajstić information content (AvgIpc) is 3.32. The van der Waals surface area contributed by atoms with Gasteiger partial charge in [-0.3, -0.25) is 4.79 Å². The van der Waals surface area contributed by atoms with Crippen molar-refractivity contribution in [1.82, 2.24) is 9.78 Å². The summed E-state index contributed by atoms with van der Waals surface area (Å²) in [6.07, 6.45) is -4.99. The number of anilines is 1. The molecule has 1 atom stereocenters. The third kappa shape index (κ3) is 3.77. The van der Waals surface area contributed by atoms with Gasteiger partial charge in [-0.05, 0) is 24.3 Å². The van der Waals surface area contributed by atoms with E-state index in [2.05, 4.69) is 26.3 Å². The number of nitrogens with zero attached hydrogens (tertiary/aromatic N) is 2. The van der Waals surface area contributed by atoms with Crippen molar-refractivity contribution in [3.05, 3.63) is 75.9 Å². The number of methoxy groups -OCH3 is 1. The van der Waals surface area contributed by atoms with Gasteiger partial charge in [-0.2, -0.15) is 30.0 Å². The Kier molecular flexibility index (Phi) is 5.89. The van der Waals surface area contributed by atoms with Crippen LogP contribution in [0.2, 0.25) is 0 Å². The first-order valence-electron chi connectivity index (χ1n) is 9.21. The van der Waals surface area contributed by atoms with Gasteiger partial charge in [0.15, 0.2) is 0 Å². The number of fused-ring (bicyclic) bond motifs is 1. The zero-order valence-corrected chi connectivity index (χ0v) is 18.6. The summed E-state index contributed by atoms with van der Waals surface area (Å²) >= 11 is 4.94. The van der Waals surface area contributed by atoms with Crippen molar-refractivity contribution in [3.63, 3.8) is 0 Å². The number of thioether (sulfide) groups is 1. The van der Waals surface area contributed by atoms with Gasteiger partial charge in [0.05, 0.1) is 11.4 Å². The number of nitrogens with one attached hydrogen (secondary N) is 1. The van der Waals surface area contributed by atoms with Crippen molar-refractivity contribution in [2.45, 2.75) is 23.3 Å². The van der Waals surface area contributed by atoms with Gasteiger partial charge in [0.25, 0.3) is 11.5 Å². The molecule has 0 spiro atoms. The van der Waals surface area contributed by atoms with Crippen LogP contribution >= 0.6 is 27.7 Å². The Hall–Kier alpha value is -2.30. The Morgan fingerprint density at radius 1 is 1.13 bits per heavy atom. The first-order chi connectivity index (χ1) is 14.8. The SMILES string of the molecule is CO[C@](C(=O)Nc1c2c(nn1-c1ccc(Br)cc1)CSC2)(c1ccccc1)C(F)(F)F. The Bertz CT molecular complexity index is 1100. The molecule has 0 unspecified atom stereocenters. The summed E-state index contributed by atoms with van der Waals surface area (Å²) in [7, 11) is 0.881. The molecule has 5 nitrogen and oxygen atoms in total. The monoisotopic (exact) mass is 511 g/mol. The van der Waals surface area contributed by atoms with E-state index < -0.39 is 17.7 Å². The van der Waals surface area contributed by atoms with Crippen LogP contribution in [0, 0.1) is 0 Å². The van der Waals surface area contributed by atoms with Gasteiger partial charge in [-0.1, -0.05) is 46.3 Å². The maximum absolute atomic E-state index is 14.3. The van der Waals surface area contributed by atoms with E-state index >= 15 is 0 Å². The van der Waals surface area contributed by atoms with Crippen LogP contribution in [0.3, 0.4) is 0 Å².